The number of carbonyl (C=O) groups excluding carboxylic acids is 1. The highest BCUT2D eigenvalue weighted by Gasteiger charge is 2.35. The first-order chi connectivity index (χ1) is 11.5. The van der Waals surface area contributed by atoms with E-state index < -0.39 is 0 Å². The van der Waals surface area contributed by atoms with Crippen molar-refractivity contribution >= 4 is 5.91 Å². The smallest absolute Gasteiger partial charge is 0.219 e. The van der Waals surface area contributed by atoms with Crippen molar-refractivity contribution in [3.05, 3.63) is 17.0 Å². The summed E-state index contributed by atoms with van der Waals surface area (Å²) in [6.45, 7) is 15.0. The molecule has 0 spiro atoms. The molecule has 24 heavy (non-hydrogen) atoms. The molecular formula is C18H30N4O2. The van der Waals surface area contributed by atoms with E-state index >= 15 is 0 Å². The number of carbonyl (C=O) groups is 1. The Labute approximate surface area is 144 Å². The molecule has 2 aliphatic heterocycles. The van der Waals surface area contributed by atoms with E-state index in [4.69, 9.17) is 4.52 Å². The van der Waals surface area contributed by atoms with Gasteiger partial charge < -0.3 is 9.42 Å². The monoisotopic (exact) mass is 334 g/mol. The molecule has 1 amide bonds. The van der Waals surface area contributed by atoms with Gasteiger partial charge in [-0.05, 0) is 26.2 Å². The van der Waals surface area contributed by atoms with Crippen molar-refractivity contribution in [1.82, 2.24) is 19.9 Å². The molecule has 3 rings (SSSR count). The van der Waals surface area contributed by atoms with Crippen molar-refractivity contribution in [3.63, 3.8) is 0 Å². The van der Waals surface area contributed by atoms with E-state index in [0.717, 1.165) is 63.7 Å². The van der Waals surface area contributed by atoms with E-state index in [0.29, 0.717) is 12.0 Å². The van der Waals surface area contributed by atoms with Crippen molar-refractivity contribution in [2.45, 2.75) is 46.7 Å². The van der Waals surface area contributed by atoms with Gasteiger partial charge in [0.05, 0.1) is 5.69 Å². The summed E-state index contributed by atoms with van der Waals surface area (Å²) in [7, 11) is 0. The van der Waals surface area contributed by atoms with E-state index in [1.54, 1.807) is 6.92 Å². The summed E-state index contributed by atoms with van der Waals surface area (Å²) in [6, 6.07) is 0.581. The molecule has 0 saturated carbocycles. The number of rotatable bonds is 3. The van der Waals surface area contributed by atoms with Gasteiger partial charge in [0.25, 0.3) is 0 Å². The lowest BCUT2D eigenvalue weighted by atomic mass is 10.0. The van der Waals surface area contributed by atoms with Crippen LogP contribution in [0.4, 0.5) is 0 Å². The molecule has 0 bridgehead atoms. The van der Waals surface area contributed by atoms with Gasteiger partial charge in [0.2, 0.25) is 5.91 Å². The lowest BCUT2D eigenvalue weighted by Gasteiger charge is -2.30. The van der Waals surface area contributed by atoms with Crippen LogP contribution in [0, 0.1) is 19.8 Å². The minimum Gasteiger partial charge on any atom is -0.361 e. The molecular weight excluding hydrogens is 304 g/mol. The van der Waals surface area contributed by atoms with Crippen LogP contribution in [-0.2, 0) is 11.3 Å². The minimum absolute atomic E-state index is 0.205. The third-order valence-electron chi connectivity index (χ3n) is 5.66. The molecule has 1 aromatic heterocycles. The highest BCUT2D eigenvalue weighted by molar-refractivity contribution is 5.73. The van der Waals surface area contributed by atoms with Gasteiger partial charge in [0.15, 0.2) is 0 Å². The first-order valence-electron chi connectivity index (χ1n) is 9.09. The van der Waals surface area contributed by atoms with Gasteiger partial charge in [0.1, 0.15) is 5.76 Å². The van der Waals surface area contributed by atoms with Gasteiger partial charge in [-0.2, -0.15) is 0 Å². The standard InChI is InChI=1S/C18H30N4O2/c1-13-10-20(11-17-14(2)19-24-15(17)3)12-18(13)22-7-5-6-21(8-9-22)16(4)23/h13,18H,5-12H2,1-4H3. The second-order valence-electron chi connectivity index (χ2n) is 7.44. The maximum Gasteiger partial charge on any atom is 0.219 e. The van der Waals surface area contributed by atoms with E-state index in [1.807, 2.05) is 18.7 Å². The quantitative estimate of drug-likeness (QED) is 0.841. The average Bonchev–Trinajstić information content (AvgIpc) is 2.94. The van der Waals surface area contributed by atoms with Gasteiger partial charge in [-0.1, -0.05) is 12.1 Å². The molecule has 0 radical (unpaired) electrons. The molecule has 134 valence electrons. The van der Waals surface area contributed by atoms with Crippen LogP contribution in [0.25, 0.3) is 0 Å². The van der Waals surface area contributed by atoms with E-state index in [-0.39, 0.29) is 5.91 Å². The molecule has 3 heterocycles. The van der Waals surface area contributed by atoms with Gasteiger partial charge in [-0.15, -0.1) is 0 Å². The predicted molar refractivity (Wildman–Crippen MR) is 92.7 cm³/mol. The number of hydrogen-bond donors (Lipinski definition) is 0. The summed E-state index contributed by atoms with van der Waals surface area (Å²) in [5, 5.41) is 4.07. The van der Waals surface area contributed by atoms with Crippen molar-refractivity contribution in [1.29, 1.82) is 0 Å². The molecule has 0 aliphatic carbocycles. The highest BCUT2D eigenvalue weighted by Crippen LogP contribution is 2.26. The molecule has 0 N–H and O–H groups in total. The fourth-order valence-corrected chi connectivity index (χ4v) is 4.19. The largest absolute Gasteiger partial charge is 0.361 e. The van der Waals surface area contributed by atoms with Crippen LogP contribution >= 0.6 is 0 Å². The number of aromatic nitrogens is 1. The molecule has 2 atom stereocenters. The third-order valence-corrected chi connectivity index (χ3v) is 5.66. The zero-order valence-electron chi connectivity index (χ0n) is 15.4. The third kappa shape index (κ3) is 3.64. The molecule has 0 aromatic carbocycles. The van der Waals surface area contributed by atoms with Crippen molar-refractivity contribution in [2.24, 2.45) is 5.92 Å². The Morgan fingerprint density at radius 2 is 2.00 bits per heavy atom. The Kier molecular flexibility index (Phi) is 5.25. The number of likely N-dealkylation sites (tertiary alicyclic amines) is 1. The summed E-state index contributed by atoms with van der Waals surface area (Å²) in [5.41, 5.74) is 2.25. The summed E-state index contributed by atoms with van der Waals surface area (Å²) in [5.74, 6) is 1.79. The van der Waals surface area contributed by atoms with E-state index in [2.05, 4.69) is 21.9 Å². The van der Waals surface area contributed by atoms with Crippen LogP contribution in [0.3, 0.4) is 0 Å². The average molecular weight is 334 g/mol. The molecule has 2 aliphatic rings. The summed E-state index contributed by atoms with van der Waals surface area (Å²) >= 11 is 0. The van der Waals surface area contributed by atoms with Gasteiger partial charge in [-0.3, -0.25) is 14.6 Å². The van der Waals surface area contributed by atoms with Crippen LogP contribution in [-0.4, -0.2) is 71.1 Å². The minimum atomic E-state index is 0.205. The van der Waals surface area contributed by atoms with Gasteiger partial charge in [0, 0.05) is 64.3 Å². The van der Waals surface area contributed by atoms with Crippen LogP contribution in [0.1, 0.15) is 37.3 Å². The molecule has 1 aromatic rings. The topological polar surface area (TPSA) is 52.8 Å². The van der Waals surface area contributed by atoms with Crippen molar-refractivity contribution in [3.8, 4) is 0 Å². The SMILES string of the molecule is CC(=O)N1CCCN(C2CN(Cc3c(C)noc3C)CC2C)CC1. The molecule has 2 unspecified atom stereocenters. The van der Waals surface area contributed by atoms with Crippen LogP contribution in [0.2, 0.25) is 0 Å². The van der Waals surface area contributed by atoms with Gasteiger partial charge in [-0.25, -0.2) is 0 Å². The first-order valence-corrected chi connectivity index (χ1v) is 9.09. The summed E-state index contributed by atoms with van der Waals surface area (Å²) < 4.78 is 5.30. The van der Waals surface area contributed by atoms with Crippen molar-refractivity contribution < 1.29 is 9.32 Å². The second-order valence-corrected chi connectivity index (χ2v) is 7.44. The number of aryl methyl sites for hydroxylation is 2. The number of hydrogen-bond acceptors (Lipinski definition) is 5. The highest BCUT2D eigenvalue weighted by atomic mass is 16.5. The maximum atomic E-state index is 11.6. The Morgan fingerprint density at radius 1 is 1.21 bits per heavy atom. The summed E-state index contributed by atoms with van der Waals surface area (Å²) in [4.78, 5) is 18.7. The normalized spacial score (nSPS) is 26.8. The Balaban J connectivity index is 1.60. The first kappa shape index (κ1) is 17.4. The lowest BCUT2D eigenvalue weighted by Crippen LogP contribution is -2.42. The van der Waals surface area contributed by atoms with E-state index in [9.17, 15) is 4.79 Å². The maximum absolute atomic E-state index is 11.6. The van der Waals surface area contributed by atoms with E-state index in [1.165, 1.54) is 5.56 Å². The van der Waals surface area contributed by atoms with Crippen LogP contribution in [0.5, 0.6) is 0 Å². The van der Waals surface area contributed by atoms with Crippen molar-refractivity contribution in [2.75, 3.05) is 39.3 Å². The fourth-order valence-electron chi connectivity index (χ4n) is 4.19. The van der Waals surface area contributed by atoms with Gasteiger partial charge >= 0.3 is 0 Å². The zero-order valence-corrected chi connectivity index (χ0v) is 15.4. The molecule has 2 fully saturated rings. The predicted octanol–water partition coefficient (Wildman–Crippen LogP) is 1.67. The number of nitrogens with zero attached hydrogens (tertiary/aromatic N) is 4. The number of amides is 1. The Hall–Kier alpha value is -1.40. The molecule has 6 heteroatoms. The molecule has 2 saturated heterocycles. The van der Waals surface area contributed by atoms with Crippen LogP contribution in [0.15, 0.2) is 4.52 Å². The Bertz CT molecular complexity index is 566. The second kappa shape index (κ2) is 7.23. The zero-order chi connectivity index (χ0) is 17.3. The van der Waals surface area contributed by atoms with Crippen LogP contribution < -0.4 is 0 Å². The Morgan fingerprint density at radius 3 is 2.67 bits per heavy atom. The summed E-state index contributed by atoms with van der Waals surface area (Å²) in [6.07, 6.45) is 1.08. The fraction of sp³-hybridized carbons (Fsp3) is 0.778. The molecule has 6 nitrogen and oxygen atoms in total. The lowest BCUT2D eigenvalue weighted by molar-refractivity contribution is -0.128.